The number of aromatic amines is 1. The first-order valence-electron chi connectivity index (χ1n) is 9.77. The van der Waals surface area contributed by atoms with Gasteiger partial charge in [-0.3, -0.25) is 9.78 Å². The van der Waals surface area contributed by atoms with Gasteiger partial charge in [0.25, 0.3) is 5.56 Å². The molecule has 5 rings (SSSR count). The molecule has 0 saturated heterocycles. The summed E-state index contributed by atoms with van der Waals surface area (Å²) in [5, 5.41) is 14.6. The van der Waals surface area contributed by atoms with E-state index >= 15 is 0 Å². The highest BCUT2D eigenvalue weighted by Crippen LogP contribution is 2.46. The van der Waals surface area contributed by atoms with E-state index in [1.165, 1.54) is 12.1 Å². The van der Waals surface area contributed by atoms with Gasteiger partial charge >= 0.3 is 0 Å². The zero-order valence-corrected chi connectivity index (χ0v) is 16.3. The second-order valence-electron chi connectivity index (χ2n) is 7.47. The van der Waals surface area contributed by atoms with Crippen LogP contribution in [0.2, 0.25) is 0 Å². The van der Waals surface area contributed by atoms with Crippen LogP contribution in [0.4, 0.5) is 10.1 Å². The van der Waals surface area contributed by atoms with E-state index in [9.17, 15) is 9.18 Å². The maximum atomic E-state index is 14.3. The Morgan fingerprint density at radius 2 is 1.93 bits per heavy atom. The molecule has 0 fully saturated rings. The standard InChI is InChI=1S/C23H20FN5O/c1-25-12-13-3-2-4-15(9-13)19-21(14-5-7-26-8-6-14)27-18-11-16(24)10-17-20(18)22(19)28-29-23(17)30/h2-11,19,21,25,27H,12H2,1H3,(H,29,30)/t19-,21-/m0/s1. The van der Waals surface area contributed by atoms with Crippen LogP contribution in [0.5, 0.6) is 0 Å². The fraction of sp³-hybridized carbons (Fsp3) is 0.174. The van der Waals surface area contributed by atoms with Crippen molar-refractivity contribution in [3.05, 3.63) is 99.5 Å². The summed E-state index contributed by atoms with van der Waals surface area (Å²) in [7, 11) is 1.91. The van der Waals surface area contributed by atoms with Gasteiger partial charge in [-0.25, -0.2) is 9.49 Å². The third-order valence-corrected chi connectivity index (χ3v) is 5.58. The largest absolute Gasteiger partial charge is 0.377 e. The van der Waals surface area contributed by atoms with E-state index in [1.807, 2.05) is 25.2 Å². The molecule has 0 amide bonds. The molecule has 1 aliphatic heterocycles. The van der Waals surface area contributed by atoms with Crippen LogP contribution in [0.3, 0.4) is 0 Å². The van der Waals surface area contributed by atoms with Crippen LogP contribution in [0.25, 0.3) is 10.8 Å². The van der Waals surface area contributed by atoms with Crippen molar-refractivity contribution in [2.75, 3.05) is 12.4 Å². The third kappa shape index (κ3) is 3.04. The number of nitrogens with zero attached hydrogens (tertiary/aromatic N) is 2. The summed E-state index contributed by atoms with van der Waals surface area (Å²) >= 11 is 0. The molecule has 0 bridgehead atoms. The van der Waals surface area contributed by atoms with E-state index < -0.39 is 11.4 Å². The lowest BCUT2D eigenvalue weighted by molar-refractivity contribution is 0.618. The molecule has 0 spiro atoms. The molecule has 30 heavy (non-hydrogen) atoms. The molecule has 1 aliphatic rings. The molecule has 2 aromatic carbocycles. The Hall–Kier alpha value is -3.58. The zero-order valence-electron chi connectivity index (χ0n) is 16.3. The van der Waals surface area contributed by atoms with Crippen molar-refractivity contribution < 1.29 is 4.39 Å². The summed E-state index contributed by atoms with van der Waals surface area (Å²) in [6.07, 6.45) is 3.48. The van der Waals surface area contributed by atoms with E-state index in [1.54, 1.807) is 12.4 Å². The van der Waals surface area contributed by atoms with E-state index in [0.29, 0.717) is 16.5 Å². The van der Waals surface area contributed by atoms with Gasteiger partial charge in [0, 0.05) is 30.0 Å². The number of anilines is 1. The minimum atomic E-state index is -0.462. The second kappa shape index (κ2) is 7.35. The Morgan fingerprint density at radius 1 is 1.10 bits per heavy atom. The lowest BCUT2D eigenvalue weighted by Crippen LogP contribution is -2.28. The Kier molecular flexibility index (Phi) is 4.52. The smallest absolute Gasteiger partial charge is 0.272 e. The van der Waals surface area contributed by atoms with Crippen molar-refractivity contribution >= 4 is 16.5 Å². The van der Waals surface area contributed by atoms with Gasteiger partial charge in [0.15, 0.2) is 0 Å². The lowest BCUT2D eigenvalue weighted by Gasteiger charge is -2.34. The molecule has 3 heterocycles. The van der Waals surface area contributed by atoms with Crippen molar-refractivity contribution in [1.82, 2.24) is 20.5 Å². The van der Waals surface area contributed by atoms with Crippen molar-refractivity contribution in [3.8, 4) is 0 Å². The van der Waals surface area contributed by atoms with Crippen molar-refractivity contribution in [2.24, 2.45) is 0 Å². The summed E-state index contributed by atoms with van der Waals surface area (Å²) in [5.74, 6) is -0.642. The van der Waals surface area contributed by atoms with Gasteiger partial charge in [-0.05, 0) is 48.0 Å². The van der Waals surface area contributed by atoms with Gasteiger partial charge in [-0.1, -0.05) is 24.3 Å². The highest BCUT2D eigenvalue weighted by atomic mass is 19.1. The number of aromatic nitrogens is 3. The molecule has 0 saturated carbocycles. The summed E-state index contributed by atoms with van der Waals surface area (Å²) in [4.78, 5) is 16.5. The van der Waals surface area contributed by atoms with Crippen molar-refractivity contribution in [3.63, 3.8) is 0 Å². The summed E-state index contributed by atoms with van der Waals surface area (Å²) < 4.78 is 14.3. The normalized spacial score (nSPS) is 17.7. The van der Waals surface area contributed by atoms with Crippen LogP contribution in [0, 0.1) is 5.82 Å². The van der Waals surface area contributed by atoms with E-state index in [-0.39, 0.29) is 12.0 Å². The topological polar surface area (TPSA) is 82.7 Å². The van der Waals surface area contributed by atoms with Gasteiger partial charge in [0.1, 0.15) is 5.82 Å². The minimum absolute atomic E-state index is 0.179. The van der Waals surface area contributed by atoms with Crippen LogP contribution in [0.15, 0.2) is 65.7 Å². The number of nitrogens with one attached hydrogen (secondary N) is 3. The molecule has 150 valence electrons. The molecule has 3 N–H and O–H groups in total. The Bertz CT molecular complexity index is 1290. The van der Waals surface area contributed by atoms with Crippen molar-refractivity contribution in [1.29, 1.82) is 0 Å². The molecule has 7 heteroatoms. The molecule has 0 unspecified atom stereocenters. The minimum Gasteiger partial charge on any atom is -0.377 e. The Labute approximate surface area is 172 Å². The maximum absolute atomic E-state index is 14.3. The summed E-state index contributed by atoms with van der Waals surface area (Å²) in [5.41, 5.74) is 4.11. The van der Waals surface area contributed by atoms with Crippen LogP contribution < -0.4 is 16.2 Å². The number of halogens is 1. The molecule has 6 nitrogen and oxygen atoms in total. The maximum Gasteiger partial charge on any atom is 0.272 e. The molecule has 0 radical (unpaired) electrons. The highest BCUT2D eigenvalue weighted by molar-refractivity contribution is 5.97. The molecule has 2 atom stereocenters. The number of hydrogen-bond donors (Lipinski definition) is 3. The fourth-order valence-electron chi connectivity index (χ4n) is 4.33. The van der Waals surface area contributed by atoms with Crippen molar-refractivity contribution in [2.45, 2.75) is 18.5 Å². The summed E-state index contributed by atoms with van der Waals surface area (Å²) in [6.45, 7) is 0.740. The molecular weight excluding hydrogens is 381 g/mol. The van der Waals surface area contributed by atoms with E-state index in [0.717, 1.165) is 28.9 Å². The predicted molar refractivity (Wildman–Crippen MR) is 114 cm³/mol. The quantitative estimate of drug-likeness (QED) is 0.488. The Morgan fingerprint density at radius 3 is 2.73 bits per heavy atom. The predicted octanol–water partition coefficient (Wildman–Crippen LogP) is 3.48. The zero-order chi connectivity index (χ0) is 20.7. The number of rotatable bonds is 4. The SMILES string of the molecule is CNCc1cccc([C@@H]2c3n[nH]c(=O)c4cc(F)cc(c34)N[C@H]2c2ccncc2)c1. The highest BCUT2D eigenvalue weighted by Gasteiger charge is 2.35. The number of pyridine rings is 1. The first-order valence-corrected chi connectivity index (χ1v) is 9.77. The molecule has 2 aromatic heterocycles. The first-order chi connectivity index (χ1) is 14.7. The van der Waals surface area contributed by atoms with E-state index in [2.05, 4.69) is 44.0 Å². The number of benzene rings is 2. The first kappa shape index (κ1) is 18.4. The van der Waals surface area contributed by atoms with Crippen LogP contribution in [0.1, 0.15) is 34.3 Å². The third-order valence-electron chi connectivity index (χ3n) is 5.58. The lowest BCUT2D eigenvalue weighted by atomic mass is 9.80. The van der Waals surface area contributed by atoms with E-state index in [4.69, 9.17) is 0 Å². The van der Waals surface area contributed by atoms with Crippen LogP contribution >= 0.6 is 0 Å². The Balaban J connectivity index is 1.78. The summed E-state index contributed by atoms with van der Waals surface area (Å²) in [6, 6.07) is 14.7. The molecule has 4 aromatic rings. The monoisotopic (exact) mass is 401 g/mol. The second-order valence-corrected chi connectivity index (χ2v) is 7.47. The van der Waals surface area contributed by atoms with Crippen LogP contribution in [-0.4, -0.2) is 22.2 Å². The number of H-pyrrole nitrogens is 1. The van der Waals surface area contributed by atoms with Gasteiger partial charge < -0.3 is 10.6 Å². The van der Waals surface area contributed by atoms with Gasteiger partial charge in [-0.15, -0.1) is 0 Å². The average molecular weight is 401 g/mol. The number of hydrogen-bond acceptors (Lipinski definition) is 5. The van der Waals surface area contributed by atoms with Gasteiger partial charge in [-0.2, -0.15) is 5.10 Å². The van der Waals surface area contributed by atoms with Crippen LogP contribution in [-0.2, 0) is 6.54 Å². The van der Waals surface area contributed by atoms with Gasteiger partial charge in [0.05, 0.1) is 23.0 Å². The average Bonchev–Trinajstić information content (AvgIpc) is 2.76. The molecule has 0 aliphatic carbocycles. The van der Waals surface area contributed by atoms with Gasteiger partial charge in [0.2, 0.25) is 0 Å². The fourth-order valence-corrected chi connectivity index (χ4v) is 4.33. The molecular formula is C23H20FN5O.